The molecule has 2 heterocycles. The smallest absolute Gasteiger partial charge is 0.278 e. The molecule has 2 N–H and O–H groups in total. The van der Waals surface area contributed by atoms with Gasteiger partial charge in [-0.25, -0.2) is 0 Å². The Morgan fingerprint density at radius 1 is 1.47 bits per heavy atom. The third kappa shape index (κ3) is 1.43. The van der Waals surface area contributed by atoms with Crippen molar-refractivity contribution in [3.8, 4) is 0 Å². The van der Waals surface area contributed by atoms with Crippen LogP contribution in [0, 0.1) is 0 Å². The van der Waals surface area contributed by atoms with Crippen molar-refractivity contribution >= 4 is 11.6 Å². The lowest BCUT2D eigenvalue weighted by Crippen LogP contribution is -2.29. The van der Waals surface area contributed by atoms with Crippen LogP contribution in [-0.4, -0.2) is 41.9 Å². The Morgan fingerprint density at radius 3 is 3.06 bits per heavy atom. The number of carbonyl (C=O) groups excluding carboxylic acids is 1. The summed E-state index contributed by atoms with van der Waals surface area (Å²) in [6.07, 6.45) is 4.93. The van der Waals surface area contributed by atoms with Gasteiger partial charge < -0.3 is 10.5 Å². The van der Waals surface area contributed by atoms with Gasteiger partial charge in [-0.1, -0.05) is 17.3 Å². The molecule has 1 amide bonds. The molecule has 2 aliphatic heterocycles. The number of nitrogens with zero attached hydrogens (tertiary/aromatic N) is 2. The fourth-order valence-electron chi connectivity index (χ4n) is 2.50. The van der Waals surface area contributed by atoms with Crippen molar-refractivity contribution in [2.24, 2.45) is 5.16 Å². The van der Waals surface area contributed by atoms with E-state index >= 15 is 0 Å². The van der Waals surface area contributed by atoms with E-state index in [0.29, 0.717) is 0 Å². The third-order valence-corrected chi connectivity index (χ3v) is 3.37. The number of allylic oxidation sites excluding steroid dienone is 2. The van der Waals surface area contributed by atoms with Crippen LogP contribution in [0.15, 0.2) is 39.7 Å². The van der Waals surface area contributed by atoms with Crippen LogP contribution >= 0.6 is 0 Å². The Kier molecular flexibility index (Phi) is 2.16. The topological polar surface area (TPSA) is 64.9 Å². The summed E-state index contributed by atoms with van der Waals surface area (Å²) in [7, 11) is 2.04. The Hall–Kier alpha value is -1.88. The zero-order valence-electron chi connectivity index (χ0n) is 9.53. The standard InChI is InChI=1S/C12H13N3O2/c1-15-5-4-7-2-3-8-10(9(7)6-15)13-12(16)11(8)14-17/h3-4,17H,2,5-6H2,1H3,(H,13,16). The van der Waals surface area contributed by atoms with Gasteiger partial charge >= 0.3 is 0 Å². The van der Waals surface area contributed by atoms with Crippen LogP contribution < -0.4 is 5.32 Å². The van der Waals surface area contributed by atoms with E-state index in [1.807, 2.05) is 13.1 Å². The van der Waals surface area contributed by atoms with Gasteiger partial charge in [0, 0.05) is 18.7 Å². The second kappa shape index (κ2) is 3.56. The Balaban J connectivity index is 2.13. The lowest BCUT2D eigenvalue weighted by Gasteiger charge is -2.28. The summed E-state index contributed by atoms with van der Waals surface area (Å²) in [6, 6.07) is 0. The van der Waals surface area contributed by atoms with Gasteiger partial charge in [-0.15, -0.1) is 0 Å². The van der Waals surface area contributed by atoms with Gasteiger partial charge in [-0.3, -0.25) is 9.69 Å². The van der Waals surface area contributed by atoms with Crippen LogP contribution in [0.1, 0.15) is 6.42 Å². The highest BCUT2D eigenvalue weighted by atomic mass is 16.4. The van der Waals surface area contributed by atoms with Gasteiger partial charge in [0.25, 0.3) is 5.91 Å². The van der Waals surface area contributed by atoms with E-state index in [-0.39, 0.29) is 11.6 Å². The van der Waals surface area contributed by atoms with Crippen LogP contribution in [-0.2, 0) is 4.79 Å². The van der Waals surface area contributed by atoms with Gasteiger partial charge in [-0.2, -0.15) is 0 Å². The summed E-state index contributed by atoms with van der Waals surface area (Å²) in [5.74, 6) is -0.323. The summed E-state index contributed by atoms with van der Waals surface area (Å²) in [5, 5.41) is 14.7. The highest BCUT2D eigenvalue weighted by Gasteiger charge is 2.35. The quantitative estimate of drug-likeness (QED) is 0.468. The van der Waals surface area contributed by atoms with Crippen molar-refractivity contribution in [1.29, 1.82) is 0 Å². The Morgan fingerprint density at radius 2 is 2.29 bits per heavy atom. The molecule has 5 nitrogen and oxygen atoms in total. The van der Waals surface area contributed by atoms with Crippen LogP contribution in [0.4, 0.5) is 0 Å². The molecule has 0 aromatic rings. The predicted octanol–water partition coefficient (Wildman–Crippen LogP) is 0.402. The molecule has 0 bridgehead atoms. The monoisotopic (exact) mass is 231 g/mol. The van der Waals surface area contributed by atoms with Gasteiger partial charge in [0.15, 0.2) is 5.71 Å². The van der Waals surface area contributed by atoms with Crippen LogP contribution in [0.5, 0.6) is 0 Å². The van der Waals surface area contributed by atoms with E-state index < -0.39 is 0 Å². The largest absolute Gasteiger partial charge is 0.410 e. The number of carbonyl (C=O) groups is 1. The van der Waals surface area contributed by atoms with Gasteiger partial charge in [0.2, 0.25) is 0 Å². The molecule has 0 aromatic carbocycles. The zero-order valence-corrected chi connectivity index (χ0v) is 9.53. The molecule has 5 heteroatoms. The predicted molar refractivity (Wildman–Crippen MR) is 62.7 cm³/mol. The minimum absolute atomic E-state index is 0.125. The number of likely N-dealkylation sites (N-methyl/N-ethyl adjacent to an activating group) is 1. The highest BCUT2D eigenvalue weighted by Crippen LogP contribution is 2.34. The second-order valence-corrected chi connectivity index (χ2v) is 4.50. The van der Waals surface area contributed by atoms with Crippen molar-refractivity contribution < 1.29 is 10.0 Å². The summed E-state index contributed by atoms with van der Waals surface area (Å²) >= 11 is 0. The molecule has 1 fully saturated rings. The van der Waals surface area contributed by atoms with Crippen LogP contribution in [0.25, 0.3) is 0 Å². The number of oxime groups is 1. The van der Waals surface area contributed by atoms with E-state index in [9.17, 15) is 4.79 Å². The molecule has 0 unspecified atom stereocenters. The maximum Gasteiger partial charge on any atom is 0.278 e. The zero-order chi connectivity index (χ0) is 12.0. The van der Waals surface area contributed by atoms with Crippen molar-refractivity contribution in [3.63, 3.8) is 0 Å². The number of fused-ring (bicyclic) bond motifs is 2. The lowest BCUT2D eigenvalue weighted by atomic mass is 9.88. The van der Waals surface area contributed by atoms with Crippen molar-refractivity contribution in [3.05, 3.63) is 34.6 Å². The molecule has 1 aliphatic carbocycles. The number of hydrogen-bond donors (Lipinski definition) is 2. The van der Waals surface area contributed by atoms with E-state index in [0.717, 1.165) is 36.4 Å². The average Bonchev–Trinajstić information content (AvgIpc) is 2.65. The molecule has 88 valence electrons. The SMILES string of the molecule is CN1CC=C2CC=C3C(=NO)C(=O)NC3=C2C1. The molecule has 3 aliphatic rings. The van der Waals surface area contributed by atoms with E-state index in [2.05, 4.69) is 21.4 Å². The summed E-state index contributed by atoms with van der Waals surface area (Å²) in [4.78, 5) is 13.8. The minimum atomic E-state index is -0.323. The highest BCUT2D eigenvalue weighted by molar-refractivity contribution is 6.49. The van der Waals surface area contributed by atoms with Gasteiger partial charge in [-0.05, 0) is 24.6 Å². The number of nitrogens with one attached hydrogen (secondary N) is 1. The van der Waals surface area contributed by atoms with Crippen molar-refractivity contribution in [1.82, 2.24) is 10.2 Å². The van der Waals surface area contributed by atoms with Gasteiger partial charge in [0.05, 0.1) is 5.70 Å². The molecule has 0 saturated carbocycles. The summed E-state index contributed by atoms with van der Waals surface area (Å²) < 4.78 is 0. The number of amides is 1. The van der Waals surface area contributed by atoms with Crippen LogP contribution in [0.2, 0.25) is 0 Å². The molecule has 0 atom stereocenters. The normalized spacial score (nSPS) is 26.4. The van der Waals surface area contributed by atoms with Crippen molar-refractivity contribution in [2.75, 3.05) is 20.1 Å². The van der Waals surface area contributed by atoms with Crippen molar-refractivity contribution in [2.45, 2.75) is 6.42 Å². The van der Waals surface area contributed by atoms with Gasteiger partial charge in [0.1, 0.15) is 0 Å². The summed E-state index contributed by atoms with van der Waals surface area (Å²) in [5.41, 5.74) is 4.08. The first-order valence-electron chi connectivity index (χ1n) is 5.56. The number of hydrogen-bond acceptors (Lipinski definition) is 4. The van der Waals surface area contributed by atoms with E-state index in [1.54, 1.807) is 0 Å². The molecule has 0 spiro atoms. The number of rotatable bonds is 0. The molecule has 3 rings (SSSR count). The maximum atomic E-state index is 11.6. The van der Waals surface area contributed by atoms with E-state index in [4.69, 9.17) is 5.21 Å². The fourth-order valence-corrected chi connectivity index (χ4v) is 2.50. The summed E-state index contributed by atoms with van der Waals surface area (Å²) in [6.45, 7) is 1.75. The van der Waals surface area contributed by atoms with E-state index in [1.165, 1.54) is 5.57 Å². The first kappa shape index (κ1) is 10.3. The molecule has 0 aromatic heterocycles. The first-order chi connectivity index (χ1) is 8.20. The maximum absolute atomic E-state index is 11.6. The van der Waals surface area contributed by atoms with Crippen LogP contribution in [0.3, 0.4) is 0 Å². The molecule has 0 radical (unpaired) electrons. The first-order valence-corrected chi connectivity index (χ1v) is 5.56. The molecule has 1 saturated heterocycles. The third-order valence-electron chi connectivity index (χ3n) is 3.37. The Bertz CT molecular complexity index is 526. The fraction of sp³-hybridized carbons (Fsp3) is 0.333. The molecule has 17 heavy (non-hydrogen) atoms. The molecular weight excluding hydrogens is 218 g/mol. The second-order valence-electron chi connectivity index (χ2n) is 4.50. The Labute approximate surface area is 98.8 Å². The average molecular weight is 231 g/mol. The molecular formula is C12H13N3O2. The minimum Gasteiger partial charge on any atom is -0.410 e. The lowest BCUT2D eigenvalue weighted by molar-refractivity contribution is -0.113.